The highest BCUT2D eigenvalue weighted by Crippen LogP contribution is 2.25. The highest BCUT2D eigenvalue weighted by molar-refractivity contribution is 9.10. The maximum absolute atomic E-state index is 12.5. The van der Waals surface area contributed by atoms with Gasteiger partial charge in [-0.15, -0.1) is 0 Å². The number of carbonyl (C=O) groups excluding carboxylic acids is 1. The Hall–Kier alpha value is -0.870. The monoisotopic (exact) mass is 339 g/mol. The Morgan fingerprint density at radius 2 is 1.80 bits per heavy atom. The van der Waals surface area contributed by atoms with E-state index in [4.69, 9.17) is 0 Å². The van der Waals surface area contributed by atoms with Crippen molar-refractivity contribution in [2.24, 2.45) is 5.92 Å². The summed E-state index contributed by atoms with van der Waals surface area (Å²) in [4.78, 5) is 14.4. The Kier molecular flexibility index (Phi) is 5.22. The SMILES string of the molecule is CC(C(=O)N1CCC(C(C)O)CC1)c1ccc(Br)cc1. The molecule has 20 heavy (non-hydrogen) atoms. The molecule has 0 radical (unpaired) electrons. The van der Waals surface area contributed by atoms with Crippen LogP contribution in [0, 0.1) is 5.92 Å². The van der Waals surface area contributed by atoms with Gasteiger partial charge in [0.1, 0.15) is 0 Å². The number of hydrogen-bond donors (Lipinski definition) is 1. The second kappa shape index (κ2) is 6.72. The third-order valence-corrected chi connectivity index (χ3v) is 4.80. The number of halogens is 1. The Morgan fingerprint density at radius 3 is 2.30 bits per heavy atom. The van der Waals surface area contributed by atoms with Gasteiger partial charge in [0.2, 0.25) is 5.91 Å². The van der Waals surface area contributed by atoms with Gasteiger partial charge in [-0.3, -0.25) is 4.79 Å². The summed E-state index contributed by atoms with van der Waals surface area (Å²) in [5.74, 6) is 0.421. The molecule has 1 aromatic carbocycles. The third kappa shape index (κ3) is 3.61. The van der Waals surface area contributed by atoms with Crippen molar-refractivity contribution in [2.45, 2.75) is 38.7 Å². The third-order valence-electron chi connectivity index (χ3n) is 4.27. The number of benzene rings is 1. The van der Waals surface area contributed by atoms with E-state index in [0.717, 1.165) is 36.0 Å². The quantitative estimate of drug-likeness (QED) is 0.918. The summed E-state index contributed by atoms with van der Waals surface area (Å²) >= 11 is 3.41. The molecular formula is C16H22BrNO2. The van der Waals surface area contributed by atoms with E-state index in [1.165, 1.54) is 0 Å². The molecule has 0 saturated carbocycles. The average molecular weight is 340 g/mol. The topological polar surface area (TPSA) is 40.5 Å². The predicted octanol–water partition coefficient (Wildman–Crippen LogP) is 3.17. The first-order chi connectivity index (χ1) is 9.49. The first-order valence-electron chi connectivity index (χ1n) is 7.21. The van der Waals surface area contributed by atoms with Crippen molar-refractivity contribution >= 4 is 21.8 Å². The lowest BCUT2D eigenvalue weighted by Crippen LogP contribution is -2.42. The van der Waals surface area contributed by atoms with Crippen LogP contribution in [0.1, 0.15) is 38.2 Å². The molecule has 3 nitrogen and oxygen atoms in total. The Balaban J connectivity index is 1.96. The highest BCUT2D eigenvalue weighted by Gasteiger charge is 2.28. The van der Waals surface area contributed by atoms with E-state index < -0.39 is 0 Å². The summed E-state index contributed by atoms with van der Waals surface area (Å²) in [7, 11) is 0. The second-order valence-electron chi connectivity index (χ2n) is 5.68. The summed E-state index contributed by atoms with van der Waals surface area (Å²) in [6.45, 7) is 5.32. The molecule has 1 aromatic rings. The van der Waals surface area contributed by atoms with Gasteiger partial charge in [0.05, 0.1) is 12.0 Å². The Bertz CT molecular complexity index is 450. The average Bonchev–Trinajstić information content (AvgIpc) is 2.46. The second-order valence-corrected chi connectivity index (χ2v) is 6.59. The number of aliphatic hydroxyl groups excluding tert-OH is 1. The molecule has 4 heteroatoms. The normalized spacial score (nSPS) is 19.7. The highest BCUT2D eigenvalue weighted by atomic mass is 79.9. The van der Waals surface area contributed by atoms with Gasteiger partial charge in [-0.25, -0.2) is 0 Å². The van der Waals surface area contributed by atoms with E-state index in [0.29, 0.717) is 5.92 Å². The predicted molar refractivity (Wildman–Crippen MR) is 83.5 cm³/mol. The van der Waals surface area contributed by atoms with Gasteiger partial charge >= 0.3 is 0 Å². The fourth-order valence-corrected chi connectivity index (χ4v) is 3.03. The van der Waals surface area contributed by atoms with E-state index in [-0.39, 0.29) is 17.9 Å². The molecule has 2 unspecified atom stereocenters. The van der Waals surface area contributed by atoms with Crippen molar-refractivity contribution in [1.82, 2.24) is 4.90 Å². The Labute approximate surface area is 129 Å². The number of carbonyl (C=O) groups is 1. The zero-order valence-corrected chi connectivity index (χ0v) is 13.6. The van der Waals surface area contributed by atoms with Crippen LogP contribution in [0.2, 0.25) is 0 Å². The van der Waals surface area contributed by atoms with E-state index in [1.54, 1.807) is 0 Å². The standard InChI is InChI=1S/C16H22BrNO2/c1-11(13-3-5-15(17)6-4-13)16(20)18-9-7-14(8-10-18)12(2)19/h3-6,11-12,14,19H,7-10H2,1-2H3. The lowest BCUT2D eigenvalue weighted by Gasteiger charge is -2.34. The van der Waals surface area contributed by atoms with Crippen LogP contribution in [0.4, 0.5) is 0 Å². The number of hydrogen-bond acceptors (Lipinski definition) is 2. The van der Waals surface area contributed by atoms with Crippen molar-refractivity contribution in [3.05, 3.63) is 34.3 Å². The van der Waals surface area contributed by atoms with E-state index in [2.05, 4.69) is 15.9 Å². The van der Waals surface area contributed by atoms with Crippen LogP contribution in [0.15, 0.2) is 28.7 Å². The molecule has 2 atom stereocenters. The molecule has 1 heterocycles. The van der Waals surface area contributed by atoms with Crippen LogP contribution in [0.3, 0.4) is 0 Å². The molecule has 2 rings (SSSR count). The van der Waals surface area contributed by atoms with Gasteiger partial charge in [0, 0.05) is 17.6 Å². The molecule has 1 amide bonds. The number of likely N-dealkylation sites (tertiary alicyclic amines) is 1. The van der Waals surface area contributed by atoms with Crippen molar-refractivity contribution in [2.75, 3.05) is 13.1 Å². The van der Waals surface area contributed by atoms with E-state index in [1.807, 2.05) is 43.0 Å². The van der Waals surface area contributed by atoms with Crippen LogP contribution in [-0.4, -0.2) is 35.1 Å². The first-order valence-corrected chi connectivity index (χ1v) is 8.00. The Morgan fingerprint density at radius 1 is 1.25 bits per heavy atom. The van der Waals surface area contributed by atoms with Crippen molar-refractivity contribution in [3.8, 4) is 0 Å². The molecule has 1 N–H and O–H groups in total. The summed E-state index contributed by atoms with van der Waals surface area (Å²) in [5.41, 5.74) is 1.05. The molecule has 1 aliphatic rings. The molecule has 1 fully saturated rings. The largest absolute Gasteiger partial charge is 0.393 e. The molecule has 1 aliphatic heterocycles. The van der Waals surface area contributed by atoms with Crippen LogP contribution < -0.4 is 0 Å². The first kappa shape index (κ1) is 15.5. The van der Waals surface area contributed by atoms with Crippen LogP contribution in [-0.2, 0) is 4.79 Å². The molecule has 0 spiro atoms. The number of piperidine rings is 1. The molecule has 110 valence electrons. The number of aliphatic hydroxyl groups is 1. The maximum Gasteiger partial charge on any atom is 0.229 e. The number of amides is 1. The van der Waals surface area contributed by atoms with Crippen molar-refractivity contribution < 1.29 is 9.90 Å². The van der Waals surface area contributed by atoms with Gasteiger partial charge in [0.25, 0.3) is 0 Å². The number of rotatable bonds is 3. The van der Waals surface area contributed by atoms with E-state index >= 15 is 0 Å². The lowest BCUT2D eigenvalue weighted by atomic mass is 9.91. The van der Waals surface area contributed by atoms with Crippen LogP contribution >= 0.6 is 15.9 Å². The van der Waals surface area contributed by atoms with Crippen molar-refractivity contribution in [3.63, 3.8) is 0 Å². The van der Waals surface area contributed by atoms with Gasteiger partial charge in [-0.1, -0.05) is 28.1 Å². The van der Waals surface area contributed by atoms with Gasteiger partial charge in [-0.2, -0.15) is 0 Å². The minimum Gasteiger partial charge on any atom is -0.393 e. The molecule has 0 bridgehead atoms. The fourth-order valence-electron chi connectivity index (χ4n) is 2.77. The minimum atomic E-state index is -0.267. The summed E-state index contributed by atoms with van der Waals surface area (Å²) < 4.78 is 1.03. The minimum absolute atomic E-state index is 0.105. The fraction of sp³-hybridized carbons (Fsp3) is 0.562. The van der Waals surface area contributed by atoms with Crippen LogP contribution in [0.5, 0.6) is 0 Å². The van der Waals surface area contributed by atoms with Gasteiger partial charge in [-0.05, 0) is 50.3 Å². The smallest absolute Gasteiger partial charge is 0.229 e. The van der Waals surface area contributed by atoms with E-state index in [9.17, 15) is 9.90 Å². The van der Waals surface area contributed by atoms with Gasteiger partial charge in [0.15, 0.2) is 0 Å². The zero-order chi connectivity index (χ0) is 14.7. The van der Waals surface area contributed by atoms with Crippen LogP contribution in [0.25, 0.3) is 0 Å². The summed E-state index contributed by atoms with van der Waals surface area (Å²) in [6, 6.07) is 7.93. The molecule has 0 aromatic heterocycles. The maximum atomic E-state index is 12.5. The lowest BCUT2D eigenvalue weighted by molar-refractivity contribution is -0.134. The molecule has 0 aliphatic carbocycles. The number of nitrogens with zero attached hydrogens (tertiary/aromatic N) is 1. The van der Waals surface area contributed by atoms with Crippen molar-refractivity contribution in [1.29, 1.82) is 0 Å². The molecular weight excluding hydrogens is 318 g/mol. The molecule has 1 saturated heterocycles. The zero-order valence-electron chi connectivity index (χ0n) is 12.1. The van der Waals surface area contributed by atoms with Gasteiger partial charge < -0.3 is 10.0 Å². The summed E-state index contributed by atoms with van der Waals surface area (Å²) in [6.07, 6.45) is 1.53. The summed E-state index contributed by atoms with van der Waals surface area (Å²) in [5, 5.41) is 9.61.